The molecule has 0 aliphatic heterocycles. The Kier molecular flexibility index (Phi) is 25.1. The van der Waals surface area contributed by atoms with E-state index in [0.29, 0.717) is 0 Å². The predicted molar refractivity (Wildman–Crippen MR) is 14.6 cm³/mol. The summed E-state index contributed by atoms with van der Waals surface area (Å²) < 4.78 is 8.74. The van der Waals surface area contributed by atoms with Gasteiger partial charge in [-0.25, -0.2) is 0 Å². The van der Waals surface area contributed by atoms with Crippen LogP contribution >= 0.6 is 8.25 Å². The first kappa shape index (κ1) is 15.7. The average molecular weight is 193 g/mol. The molecule has 0 aliphatic rings. The zero-order chi connectivity index (χ0) is 3.58. The van der Waals surface area contributed by atoms with Crippen LogP contribution in [0.3, 0.4) is 0 Å². The molecule has 6 heavy (non-hydrogen) atoms. The van der Waals surface area contributed by atoms with Crippen LogP contribution in [0.25, 0.3) is 0 Å². The van der Waals surface area contributed by atoms with Crippen LogP contribution in [0.5, 0.6) is 0 Å². The second kappa shape index (κ2) is 9.62. The van der Waals surface area contributed by atoms with Gasteiger partial charge < -0.3 is 11.2 Å². The summed E-state index contributed by atoms with van der Waals surface area (Å²) in [5.74, 6) is 0. The van der Waals surface area contributed by atoms with Gasteiger partial charge in [-0.05, 0) is 0 Å². The van der Waals surface area contributed by atoms with Gasteiger partial charge in [-0.15, -0.1) is 0 Å². The summed E-state index contributed by atoms with van der Waals surface area (Å²) in [5.41, 5.74) is 0. The third-order valence-corrected chi connectivity index (χ3v) is 0. The van der Waals surface area contributed by atoms with E-state index in [-0.39, 0.29) is 39.8 Å². The van der Waals surface area contributed by atoms with Crippen molar-refractivity contribution in [3.05, 3.63) is 0 Å². The molecule has 37 valence electrons. The second-order valence-electron chi connectivity index (χ2n) is 0.283. The summed E-state index contributed by atoms with van der Waals surface area (Å²) in [6, 6.07) is 0. The summed E-state index contributed by atoms with van der Waals surface area (Å²) in [5, 5.41) is 0. The van der Waals surface area contributed by atoms with E-state index >= 15 is 0 Å². The quantitative estimate of drug-likeness (QED) is 0.309. The molecule has 2 N–H and O–H groups in total. The summed E-state index contributed by atoms with van der Waals surface area (Å²) in [6.07, 6.45) is 0. The number of hydrogen-bond donors (Lipinski definition) is 2. The van der Waals surface area contributed by atoms with Crippen LogP contribution in [0, 0.1) is 0 Å². The van der Waals surface area contributed by atoms with Crippen molar-refractivity contribution in [3.63, 3.8) is 0 Å². The second-order valence-corrected chi connectivity index (χ2v) is 0.848. The molecule has 0 heterocycles. The minimum atomic E-state index is -3.13. The maximum absolute atomic E-state index is 8.74. The van der Waals surface area contributed by atoms with Gasteiger partial charge in [0.05, 0.1) is 0 Å². The van der Waals surface area contributed by atoms with Gasteiger partial charge >= 0.3 is 27.1 Å². The Hall–Kier alpha value is 1.37. The van der Waals surface area contributed by atoms with Crippen molar-refractivity contribution in [1.82, 2.24) is 0 Å². The number of rotatable bonds is 0. The Morgan fingerprint density at radius 2 is 1.50 bits per heavy atom. The minimum absolute atomic E-state index is 0. The van der Waals surface area contributed by atoms with Crippen LogP contribution in [-0.2, 0) is 24.0 Å². The van der Waals surface area contributed by atoms with Crippen LogP contribution in [0.2, 0.25) is 0 Å². The summed E-state index contributed by atoms with van der Waals surface area (Å²) in [4.78, 5) is 14.3. The summed E-state index contributed by atoms with van der Waals surface area (Å²) in [7, 11) is -3.13. The van der Waals surface area contributed by atoms with Crippen LogP contribution in [-0.4, -0.2) is 9.79 Å². The van der Waals surface area contributed by atoms with E-state index in [2.05, 4.69) is 0 Å². The molecule has 0 amide bonds. The fourth-order valence-corrected chi connectivity index (χ4v) is 0. The molecule has 0 aromatic rings. The average Bonchev–Trinajstić information content (AvgIpc) is 0.811. The molecular weight excluding hydrogens is 189 g/mol. The molecule has 0 unspecified atom stereocenters. The van der Waals surface area contributed by atoms with Crippen molar-refractivity contribution in [1.29, 1.82) is 0 Å². The first-order valence-electron chi connectivity index (χ1n) is 0.651. The zero-order valence-corrected chi connectivity index (χ0v) is 5.77. The molecule has 0 aromatic carbocycles. The predicted octanol–water partition coefficient (Wildman–Crippen LogP) is -3.53. The fourth-order valence-electron chi connectivity index (χ4n) is 0. The Labute approximate surface area is 62.5 Å². The third kappa shape index (κ3) is 54.6. The Morgan fingerprint density at radius 1 is 1.50 bits per heavy atom. The summed E-state index contributed by atoms with van der Waals surface area (Å²) >= 11 is 0. The Morgan fingerprint density at radius 3 is 1.50 bits per heavy atom. The van der Waals surface area contributed by atoms with Crippen molar-refractivity contribution >= 4 is 8.25 Å². The fraction of sp³-hybridized carbons (Fsp3) is 0. The molecule has 0 atom stereocenters. The summed E-state index contributed by atoms with van der Waals surface area (Å²) in [6.45, 7) is 0. The van der Waals surface area contributed by atoms with E-state index < -0.39 is 8.25 Å². The first-order chi connectivity index (χ1) is 1.73. The first-order valence-corrected chi connectivity index (χ1v) is 1.95. The molecule has 0 bridgehead atoms. The van der Waals surface area contributed by atoms with E-state index in [0.717, 1.165) is 0 Å². The van der Waals surface area contributed by atoms with Crippen molar-refractivity contribution < 1.29 is 54.1 Å². The molecule has 0 saturated heterocycles. The molecule has 0 aromatic heterocycles. The van der Waals surface area contributed by atoms with E-state index in [1.165, 1.54) is 0 Å². The van der Waals surface area contributed by atoms with Crippen molar-refractivity contribution in [2.45, 2.75) is 0 Å². The smallest absolute Gasteiger partial charge is 1.00 e. The standard InChI is InChI=1S/Li.H3O3P.Rh.H/c;1-4(2)3;;/h;4H,(H2,1,2,3);;/q+1;;;-1. The topological polar surface area (TPSA) is 57.5 Å². The monoisotopic (exact) mass is 193 g/mol. The van der Waals surface area contributed by atoms with Gasteiger partial charge in [-0.2, -0.15) is 0 Å². The Bertz CT molecular complexity index is 37.9. The molecule has 0 fully saturated rings. The van der Waals surface area contributed by atoms with Gasteiger partial charge in [-0.1, -0.05) is 0 Å². The van der Waals surface area contributed by atoms with Crippen LogP contribution < -0.4 is 18.9 Å². The molecule has 0 saturated carbocycles. The van der Waals surface area contributed by atoms with E-state index in [1.807, 2.05) is 0 Å². The molecule has 0 spiro atoms. The van der Waals surface area contributed by atoms with E-state index in [1.54, 1.807) is 0 Å². The van der Waals surface area contributed by atoms with Gasteiger partial charge in [0, 0.05) is 19.5 Å². The van der Waals surface area contributed by atoms with Gasteiger partial charge in [0.25, 0.3) is 0 Å². The van der Waals surface area contributed by atoms with Crippen molar-refractivity contribution in [3.8, 4) is 0 Å². The van der Waals surface area contributed by atoms with Gasteiger partial charge in [-0.3, -0.25) is 4.57 Å². The van der Waals surface area contributed by atoms with E-state index in [4.69, 9.17) is 14.4 Å². The van der Waals surface area contributed by atoms with E-state index in [9.17, 15) is 0 Å². The SMILES string of the molecule is O=[PH](O)O.[H-].[Li+].[Rh]. The third-order valence-electron chi connectivity index (χ3n) is 0. The minimum Gasteiger partial charge on any atom is -1.00 e. The van der Waals surface area contributed by atoms with Gasteiger partial charge in [0.15, 0.2) is 0 Å². The molecule has 1 radical (unpaired) electrons. The molecule has 3 nitrogen and oxygen atoms in total. The molecule has 0 aliphatic carbocycles. The normalized spacial score (nSPS) is 5.83. The van der Waals surface area contributed by atoms with Crippen LogP contribution in [0.4, 0.5) is 0 Å². The Balaban J connectivity index is -0.0000000150. The van der Waals surface area contributed by atoms with Gasteiger partial charge in [0.1, 0.15) is 0 Å². The van der Waals surface area contributed by atoms with Crippen LogP contribution in [0.1, 0.15) is 1.43 Å². The maximum atomic E-state index is 8.74. The maximum Gasteiger partial charge on any atom is 1.00 e. The van der Waals surface area contributed by atoms with Crippen molar-refractivity contribution in [2.75, 3.05) is 0 Å². The van der Waals surface area contributed by atoms with Crippen molar-refractivity contribution in [2.24, 2.45) is 0 Å². The number of hydrogen-bond acceptors (Lipinski definition) is 1. The zero-order valence-electron chi connectivity index (χ0n) is 4.14. The van der Waals surface area contributed by atoms with Crippen LogP contribution in [0.15, 0.2) is 0 Å². The van der Waals surface area contributed by atoms with Gasteiger partial charge in [0.2, 0.25) is 0 Å². The molecule has 6 heteroatoms. The molecule has 0 rings (SSSR count). The molecular formula is H4LiO3PRh. The largest absolute Gasteiger partial charge is 1.00 e.